The van der Waals surface area contributed by atoms with E-state index in [-0.39, 0.29) is 17.7 Å². The number of amides is 2. The van der Waals surface area contributed by atoms with Gasteiger partial charge in [-0.2, -0.15) is 0 Å². The lowest BCUT2D eigenvalue weighted by Gasteiger charge is -2.37. The van der Waals surface area contributed by atoms with Gasteiger partial charge >= 0.3 is 0 Å². The molecule has 0 aromatic heterocycles. The molecule has 0 radical (unpaired) electrons. The lowest BCUT2D eigenvalue weighted by atomic mass is 9.74. The van der Waals surface area contributed by atoms with Crippen molar-refractivity contribution in [1.82, 2.24) is 10.6 Å². The zero-order valence-corrected chi connectivity index (χ0v) is 13.1. The Morgan fingerprint density at radius 2 is 1.86 bits per heavy atom. The lowest BCUT2D eigenvalue weighted by molar-refractivity contribution is -0.128. The highest BCUT2D eigenvalue weighted by Gasteiger charge is 2.37. The van der Waals surface area contributed by atoms with Crippen LogP contribution in [0.3, 0.4) is 0 Å². The quantitative estimate of drug-likeness (QED) is 0.720. The summed E-state index contributed by atoms with van der Waals surface area (Å²) in [6.07, 6.45) is 3.87. The topological polar surface area (TPSA) is 84.2 Å². The maximum atomic E-state index is 12.2. The zero-order chi connectivity index (χ0) is 16.0. The van der Waals surface area contributed by atoms with Crippen LogP contribution in [-0.2, 0) is 4.79 Å². The van der Waals surface area contributed by atoms with E-state index in [0.717, 1.165) is 25.7 Å². The summed E-state index contributed by atoms with van der Waals surface area (Å²) in [6.45, 7) is 2.78. The predicted molar refractivity (Wildman–Crippen MR) is 86.3 cm³/mol. The van der Waals surface area contributed by atoms with Gasteiger partial charge in [-0.05, 0) is 31.9 Å². The third kappa shape index (κ3) is 4.31. The lowest BCUT2D eigenvalue weighted by Crippen LogP contribution is -2.53. The second kappa shape index (κ2) is 7.40. The first kappa shape index (κ1) is 16.5. The molecule has 0 heterocycles. The second-order valence-corrected chi connectivity index (χ2v) is 6.22. The Hall–Kier alpha value is -1.88. The summed E-state index contributed by atoms with van der Waals surface area (Å²) < 4.78 is 0. The van der Waals surface area contributed by atoms with Gasteiger partial charge in [0.1, 0.15) is 0 Å². The monoisotopic (exact) mass is 303 g/mol. The Labute approximate surface area is 131 Å². The molecule has 1 aromatic carbocycles. The summed E-state index contributed by atoms with van der Waals surface area (Å²) in [7, 11) is 0. The van der Waals surface area contributed by atoms with Gasteiger partial charge in [-0.3, -0.25) is 9.59 Å². The molecular weight excluding hydrogens is 278 g/mol. The van der Waals surface area contributed by atoms with E-state index in [1.54, 1.807) is 12.1 Å². The number of hydrogen-bond donors (Lipinski definition) is 3. The molecule has 0 bridgehead atoms. The Morgan fingerprint density at radius 1 is 1.18 bits per heavy atom. The highest BCUT2D eigenvalue weighted by Crippen LogP contribution is 2.31. The Bertz CT molecular complexity index is 514. The smallest absolute Gasteiger partial charge is 0.251 e. The Morgan fingerprint density at radius 3 is 2.55 bits per heavy atom. The van der Waals surface area contributed by atoms with E-state index in [0.29, 0.717) is 18.7 Å². The fraction of sp³-hybridized carbons (Fsp3) is 0.529. The molecule has 2 atom stereocenters. The van der Waals surface area contributed by atoms with Crippen molar-refractivity contribution in [3.05, 3.63) is 35.9 Å². The predicted octanol–water partition coefficient (Wildman–Crippen LogP) is 1.44. The van der Waals surface area contributed by atoms with Crippen molar-refractivity contribution in [2.45, 2.75) is 38.1 Å². The van der Waals surface area contributed by atoms with Crippen LogP contribution in [0.25, 0.3) is 0 Å². The minimum absolute atomic E-state index is 0.00124. The number of nitrogens with two attached hydrogens (primary N) is 1. The molecule has 5 heteroatoms. The van der Waals surface area contributed by atoms with Crippen molar-refractivity contribution >= 4 is 11.8 Å². The van der Waals surface area contributed by atoms with Gasteiger partial charge in [-0.15, -0.1) is 0 Å². The molecule has 120 valence electrons. The number of carbonyl (C=O) groups is 2. The number of hydrogen-bond acceptors (Lipinski definition) is 3. The molecule has 1 saturated carbocycles. The maximum absolute atomic E-state index is 12.2. The summed E-state index contributed by atoms with van der Waals surface area (Å²) in [5, 5.41) is 5.67. The van der Waals surface area contributed by atoms with E-state index in [1.165, 1.54) is 0 Å². The fourth-order valence-corrected chi connectivity index (χ4v) is 2.97. The summed E-state index contributed by atoms with van der Waals surface area (Å²) >= 11 is 0. The normalized spacial score (nSPS) is 24.5. The van der Waals surface area contributed by atoms with Gasteiger partial charge in [0.15, 0.2) is 0 Å². The van der Waals surface area contributed by atoms with Crippen LogP contribution in [0.15, 0.2) is 30.3 Å². The first-order chi connectivity index (χ1) is 10.5. The van der Waals surface area contributed by atoms with Crippen LogP contribution in [-0.4, -0.2) is 30.4 Å². The molecule has 22 heavy (non-hydrogen) atoms. The van der Waals surface area contributed by atoms with Crippen LogP contribution < -0.4 is 16.4 Å². The van der Waals surface area contributed by atoms with Crippen molar-refractivity contribution in [3.63, 3.8) is 0 Å². The van der Waals surface area contributed by atoms with E-state index in [1.807, 2.05) is 25.1 Å². The summed E-state index contributed by atoms with van der Waals surface area (Å²) in [5.41, 5.74) is 6.42. The highest BCUT2D eigenvalue weighted by atomic mass is 16.2. The van der Waals surface area contributed by atoms with Crippen LogP contribution in [0, 0.1) is 5.92 Å². The van der Waals surface area contributed by atoms with E-state index in [2.05, 4.69) is 10.6 Å². The van der Waals surface area contributed by atoms with Crippen LogP contribution in [0.4, 0.5) is 0 Å². The summed E-state index contributed by atoms with van der Waals surface area (Å²) in [5.74, 6) is -0.263. The van der Waals surface area contributed by atoms with Gasteiger partial charge in [0.2, 0.25) is 5.91 Å². The number of rotatable bonds is 5. The summed E-state index contributed by atoms with van der Waals surface area (Å²) in [6, 6.07) is 9.03. The molecule has 2 amide bonds. The van der Waals surface area contributed by atoms with Crippen molar-refractivity contribution < 1.29 is 9.59 Å². The van der Waals surface area contributed by atoms with E-state index < -0.39 is 5.54 Å². The molecule has 0 aliphatic heterocycles. The molecule has 1 fully saturated rings. The van der Waals surface area contributed by atoms with Gasteiger partial charge < -0.3 is 16.4 Å². The standard InChI is InChI=1S/C17H25N3O2/c1-17(18)10-6-5-9-14(17)16(22)20-12-11-19-15(21)13-7-3-2-4-8-13/h2-4,7-8,14H,5-6,9-12,18H2,1H3,(H,19,21)(H,20,22). The van der Waals surface area contributed by atoms with Crippen LogP contribution >= 0.6 is 0 Å². The Kier molecular flexibility index (Phi) is 5.55. The molecule has 4 N–H and O–H groups in total. The first-order valence-electron chi connectivity index (χ1n) is 7.90. The number of carbonyl (C=O) groups excluding carboxylic acids is 2. The fourth-order valence-electron chi connectivity index (χ4n) is 2.97. The van der Waals surface area contributed by atoms with Gasteiger partial charge in [0.25, 0.3) is 5.91 Å². The summed E-state index contributed by atoms with van der Waals surface area (Å²) in [4.78, 5) is 24.1. The SMILES string of the molecule is CC1(N)CCCCC1C(=O)NCCNC(=O)c1ccccc1. The van der Waals surface area contributed by atoms with Crippen molar-refractivity contribution in [1.29, 1.82) is 0 Å². The van der Waals surface area contributed by atoms with Gasteiger partial charge in [-0.1, -0.05) is 31.0 Å². The molecular formula is C17H25N3O2. The number of benzene rings is 1. The molecule has 1 aromatic rings. The maximum Gasteiger partial charge on any atom is 0.251 e. The van der Waals surface area contributed by atoms with Gasteiger partial charge in [0, 0.05) is 24.2 Å². The average Bonchev–Trinajstić information content (AvgIpc) is 2.51. The van der Waals surface area contributed by atoms with Crippen LogP contribution in [0.5, 0.6) is 0 Å². The van der Waals surface area contributed by atoms with Crippen molar-refractivity contribution in [2.75, 3.05) is 13.1 Å². The zero-order valence-electron chi connectivity index (χ0n) is 13.1. The molecule has 1 aliphatic rings. The highest BCUT2D eigenvalue weighted by molar-refractivity contribution is 5.94. The minimum Gasteiger partial charge on any atom is -0.354 e. The molecule has 1 aliphatic carbocycles. The van der Waals surface area contributed by atoms with Crippen LogP contribution in [0.2, 0.25) is 0 Å². The number of nitrogens with one attached hydrogen (secondary N) is 2. The molecule has 2 unspecified atom stereocenters. The van der Waals surface area contributed by atoms with E-state index >= 15 is 0 Å². The first-order valence-corrected chi connectivity index (χ1v) is 7.90. The molecule has 2 rings (SSSR count). The minimum atomic E-state index is -0.421. The third-order valence-electron chi connectivity index (χ3n) is 4.32. The second-order valence-electron chi connectivity index (χ2n) is 6.22. The van der Waals surface area contributed by atoms with E-state index in [4.69, 9.17) is 5.73 Å². The largest absolute Gasteiger partial charge is 0.354 e. The van der Waals surface area contributed by atoms with Crippen molar-refractivity contribution in [3.8, 4) is 0 Å². The van der Waals surface area contributed by atoms with Crippen molar-refractivity contribution in [2.24, 2.45) is 11.7 Å². The molecule has 0 saturated heterocycles. The molecule has 5 nitrogen and oxygen atoms in total. The van der Waals surface area contributed by atoms with E-state index in [9.17, 15) is 9.59 Å². The van der Waals surface area contributed by atoms with Crippen LogP contribution in [0.1, 0.15) is 43.0 Å². The molecule has 0 spiro atoms. The average molecular weight is 303 g/mol. The van der Waals surface area contributed by atoms with Gasteiger partial charge in [0.05, 0.1) is 5.92 Å². The van der Waals surface area contributed by atoms with Gasteiger partial charge in [-0.25, -0.2) is 0 Å². The Balaban J connectivity index is 1.72. The third-order valence-corrected chi connectivity index (χ3v) is 4.32.